The first-order chi connectivity index (χ1) is 11.3. The molecule has 112 valence electrons. The third-order valence-electron chi connectivity index (χ3n) is 4.00. The van der Waals surface area contributed by atoms with Gasteiger partial charge in [-0.15, -0.1) is 0 Å². The van der Waals surface area contributed by atoms with E-state index in [1.165, 1.54) is 0 Å². The first-order valence-corrected chi connectivity index (χ1v) is 7.78. The van der Waals surface area contributed by atoms with E-state index in [-0.39, 0.29) is 0 Å². The number of fused-ring (bicyclic) bond motifs is 1. The van der Waals surface area contributed by atoms with Crippen molar-refractivity contribution in [3.8, 4) is 11.3 Å². The molecule has 3 heteroatoms. The van der Waals surface area contributed by atoms with Crippen molar-refractivity contribution in [1.82, 2.24) is 14.6 Å². The number of hydrogen-bond acceptors (Lipinski definition) is 2. The Balaban J connectivity index is 1.84. The number of nitrogens with zero attached hydrogens (tertiary/aromatic N) is 3. The van der Waals surface area contributed by atoms with Crippen molar-refractivity contribution in [2.45, 2.75) is 6.92 Å². The summed E-state index contributed by atoms with van der Waals surface area (Å²) in [7, 11) is 0. The summed E-state index contributed by atoms with van der Waals surface area (Å²) in [6.45, 7) is 2.17. The van der Waals surface area contributed by atoms with Crippen LogP contribution in [-0.4, -0.2) is 14.6 Å². The molecule has 0 saturated carbocycles. The van der Waals surface area contributed by atoms with Crippen LogP contribution in [0.25, 0.3) is 22.5 Å². The second-order valence-corrected chi connectivity index (χ2v) is 5.72. The fourth-order valence-corrected chi connectivity index (χ4v) is 2.71. The van der Waals surface area contributed by atoms with Gasteiger partial charge in [0.1, 0.15) is 0 Å². The van der Waals surface area contributed by atoms with Crippen molar-refractivity contribution in [3.63, 3.8) is 0 Å². The van der Waals surface area contributed by atoms with Crippen LogP contribution in [0.1, 0.15) is 12.6 Å². The summed E-state index contributed by atoms with van der Waals surface area (Å²) in [5, 5.41) is 4.79. The van der Waals surface area contributed by atoms with Crippen LogP contribution in [0.2, 0.25) is 0 Å². The number of allylic oxidation sites excluding steroid dienone is 6. The average molecular weight is 299 g/mol. The molecule has 1 atom stereocenters. The largest absolute Gasteiger partial charge is 0.235 e. The monoisotopic (exact) mass is 299 g/mol. The zero-order chi connectivity index (χ0) is 15.6. The number of benzene rings is 1. The van der Waals surface area contributed by atoms with E-state index in [1.54, 1.807) is 0 Å². The Labute approximate surface area is 135 Å². The smallest absolute Gasteiger partial charge is 0.154 e. The Kier molecular flexibility index (Phi) is 3.39. The highest BCUT2D eigenvalue weighted by Crippen LogP contribution is 2.23. The summed E-state index contributed by atoms with van der Waals surface area (Å²) in [4.78, 5) is 4.48. The van der Waals surface area contributed by atoms with Gasteiger partial charge in [0, 0.05) is 11.1 Å². The lowest BCUT2D eigenvalue weighted by Crippen LogP contribution is -1.98. The van der Waals surface area contributed by atoms with Crippen LogP contribution in [0.3, 0.4) is 0 Å². The van der Waals surface area contributed by atoms with Gasteiger partial charge >= 0.3 is 0 Å². The van der Waals surface area contributed by atoms with Gasteiger partial charge in [-0.1, -0.05) is 67.6 Å². The number of rotatable bonds is 2. The highest BCUT2D eigenvalue weighted by atomic mass is 15.3. The van der Waals surface area contributed by atoms with E-state index < -0.39 is 0 Å². The summed E-state index contributed by atoms with van der Waals surface area (Å²) in [6, 6.07) is 14.2. The van der Waals surface area contributed by atoms with E-state index >= 15 is 0 Å². The van der Waals surface area contributed by atoms with Gasteiger partial charge in [0.05, 0.1) is 17.6 Å². The normalized spacial score (nSPS) is 17.3. The molecule has 1 aromatic carbocycles. The van der Waals surface area contributed by atoms with Crippen LogP contribution in [0.15, 0.2) is 79.0 Å². The van der Waals surface area contributed by atoms with E-state index in [2.05, 4.69) is 54.4 Å². The van der Waals surface area contributed by atoms with Crippen LogP contribution in [0.4, 0.5) is 0 Å². The van der Waals surface area contributed by atoms with Crippen LogP contribution < -0.4 is 0 Å². The molecule has 0 fully saturated rings. The maximum atomic E-state index is 4.79. The molecule has 0 radical (unpaired) electrons. The van der Waals surface area contributed by atoms with Gasteiger partial charge in [0.25, 0.3) is 0 Å². The molecule has 2 aromatic heterocycles. The van der Waals surface area contributed by atoms with E-state index in [0.717, 1.165) is 28.2 Å². The minimum atomic E-state index is 0.441. The second-order valence-electron chi connectivity index (χ2n) is 5.72. The quantitative estimate of drug-likeness (QED) is 0.695. The molecule has 1 aliphatic rings. The van der Waals surface area contributed by atoms with Gasteiger partial charge in [-0.3, -0.25) is 0 Å². The Hall–Kier alpha value is -2.94. The lowest BCUT2D eigenvalue weighted by Gasteiger charge is -2.05. The molecule has 0 N–H and O–H groups in total. The summed E-state index contributed by atoms with van der Waals surface area (Å²) in [5.41, 5.74) is 5.03. The van der Waals surface area contributed by atoms with Crippen molar-refractivity contribution < 1.29 is 0 Å². The van der Waals surface area contributed by atoms with Crippen LogP contribution in [0.5, 0.6) is 0 Å². The highest BCUT2D eigenvalue weighted by Gasteiger charge is 2.10. The Morgan fingerprint density at radius 3 is 2.74 bits per heavy atom. The summed E-state index contributed by atoms with van der Waals surface area (Å²) < 4.78 is 1.92. The summed E-state index contributed by atoms with van der Waals surface area (Å²) in [5.74, 6) is 0.441. The van der Waals surface area contributed by atoms with E-state index in [4.69, 9.17) is 5.10 Å². The first kappa shape index (κ1) is 13.7. The molecular formula is C20H17N3. The topological polar surface area (TPSA) is 30.2 Å². The maximum Gasteiger partial charge on any atom is 0.154 e. The molecule has 1 aliphatic carbocycles. The molecule has 0 saturated heterocycles. The summed E-state index contributed by atoms with van der Waals surface area (Å²) in [6.07, 6.45) is 12.6. The fourth-order valence-electron chi connectivity index (χ4n) is 2.71. The third-order valence-corrected chi connectivity index (χ3v) is 4.00. The number of aromatic nitrogens is 3. The minimum absolute atomic E-state index is 0.441. The van der Waals surface area contributed by atoms with Crippen LogP contribution >= 0.6 is 0 Å². The highest BCUT2D eigenvalue weighted by molar-refractivity contribution is 5.75. The minimum Gasteiger partial charge on any atom is -0.235 e. The molecule has 3 aromatic rings. The standard InChI is InChI=1S/C20H17N3/c1-15-6-5-9-17(11-10-15)19-14-21-20-13-12-18(22-23(19)20)16-7-3-2-4-8-16/h2-15H,1H3. The molecule has 1 unspecified atom stereocenters. The lowest BCUT2D eigenvalue weighted by atomic mass is 10.1. The van der Waals surface area contributed by atoms with E-state index in [0.29, 0.717) is 5.92 Å². The van der Waals surface area contributed by atoms with Crippen molar-refractivity contribution in [2.24, 2.45) is 5.92 Å². The summed E-state index contributed by atoms with van der Waals surface area (Å²) >= 11 is 0. The third kappa shape index (κ3) is 2.61. The van der Waals surface area contributed by atoms with E-state index in [9.17, 15) is 0 Å². The zero-order valence-corrected chi connectivity index (χ0v) is 12.9. The average Bonchev–Trinajstić information content (AvgIpc) is 2.90. The molecule has 0 amide bonds. The van der Waals surface area contributed by atoms with Crippen molar-refractivity contribution in [3.05, 3.63) is 84.7 Å². The Bertz CT molecular complexity index is 930. The maximum absolute atomic E-state index is 4.79. The lowest BCUT2D eigenvalue weighted by molar-refractivity contribution is 0.927. The molecule has 0 spiro atoms. The Morgan fingerprint density at radius 2 is 1.87 bits per heavy atom. The number of imidazole rings is 1. The zero-order valence-electron chi connectivity index (χ0n) is 12.9. The van der Waals surface area contributed by atoms with Gasteiger partial charge in [-0.05, 0) is 18.1 Å². The van der Waals surface area contributed by atoms with Gasteiger partial charge in [0.15, 0.2) is 5.65 Å². The molecule has 4 rings (SSSR count). The van der Waals surface area contributed by atoms with Gasteiger partial charge in [0.2, 0.25) is 0 Å². The second kappa shape index (κ2) is 5.69. The Morgan fingerprint density at radius 1 is 1.00 bits per heavy atom. The van der Waals surface area contributed by atoms with Crippen LogP contribution in [-0.2, 0) is 0 Å². The van der Waals surface area contributed by atoms with Crippen molar-refractivity contribution >= 4 is 11.2 Å². The van der Waals surface area contributed by atoms with Gasteiger partial charge in [-0.2, -0.15) is 5.10 Å². The van der Waals surface area contributed by atoms with Gasteiger partial charge < -0.3 is 0 Å². The fraction of sp³-hybridized carbons (Fsp3) is 0.100. The van der Waals surface area contributed by atoms with Crippen molar-refractivity contribution in [1.29, 1.82) is 0 Å². The molecule has 2 heterocycles. The molecular weight excluding hydrogens is 282 g/mol. The van der Waals surface area contributed by atoms with Crippen LogP contribution in [0, 0.1) is 5.92 Å². The number of hydrogen-bond donors (Lipinski definition) is 0. The van der Waals surface area contributed by atoms with Gasteiger partial charge in [-0.25, -0.2) is 9.50 Å². The SMILES string of the molecule is CC1C=CC=C(c2cnc3ccc(-c4ccccc4)nn23)C=C1. The predicted molar refractivity (Wildman–Crippen MR) is 93.8 cm³/mol. The first-order valence-electron chi connectivity index (χ1n) is 7.78. The molecule has 0 aliphatic heterocycles. The molecule has 3 nitrogen and oxygen atoms in total. The van der Waals surface area contributed by atoms with Crippen molar-refractivity contribution in [2.75, 3.05) is 0 Å². The molecule has 23 heavy (non-hydrogen) atoms. The predicted octanol–water partition coefficient (Wildman–Crippen LogP) is 4.54. The van der Waals surface area contributed by atoms with E-state index in [1.807, 2.05) is 41.0 Å². The molecule has 0 bridgehead atoms.